The highest BCUT2D eigenvalue weighted by Crippen LogP contribution is 2.20. The van der Waals surface area contributed by atoms with Gasteiger partial charge in [-0.2, -0.15) is 0 Å². The van der Waals surface area contributed by atoms with Crippen LogP contribution in [0.4, 0.5) is 0 Å². The molecule has 3 atom stereocenters. The molecule has 3 unspecified atom stereocenters. The zero-order valence-corrected chi connectivity index (χ0v) is 13.2. The van der Waals surface area contributed by atoms with Crippen LogP contribution in [0, 0.1) is 11.8 Å². The van der Waals surface area contributed by atoms with Crippen molar-refractivity contribution in [3.8, 4) is 0 Å². The highest BCUT2D eigenvalue weighted by atomic mass is 16.2. The van der Waals surface area contributed by atoms with Crippen molar-refractivity contribution in [1.82, 2.24) is 10.2 Å². The second-order valence-electron chi connectivity index (χ2n) is 6.36. The van der Waals surface area contributed by atoms with Crippen LogP contribution in [0.1, 0.15) is 40.5 Å². The number of rotatable bonds is 6. The van der Waals surface area contributed by atoms with Crippen LogP contribution in [0.3, 0.4) is 0 Å². The lowest BCUT2D eigenvalue weighted by molar-refractivity contribution is -0.129. The van der Waals surface area contributed by atoms with Gasteiger partial charge in [0.15, 0.2) is 5.78 Å². The number of carbonyl (C=O) groups is 2. The van der Waals surface area contributed by atoms with Gasteiger partial charge in [0.25, 0.3) is 0 Å². The van der Waals surface area contributed by atoms with Crippen molar-refractivity contribution in [3.05, 3.63) is 0 Å². The number of nitrogens with one attached hydrogen (secondary N) is 1. The molecular formula is C15H29N3O2. The van der Waals surface area contributed by atoms with E-state index in [0.29, 0.717) is 25.0 Å². The second kappa shape index (κ2) is 7.74. The molecule has 1 saturated heterocycles. The Balaban J connectivity index is 2.53. The van der Waals surface area contributed by atoms with E-state index in [1.165, 1.54) is 6.92 Å². The maximum Gasteiger partial charge on any atom is 0.234 e. The summed E-state index contributed by atoms with van der Waals surface area (Å²) in [7, 11) is 0. The summed E-state index contributed by atoms with van der Waals surface area (Å²) < 4.78 is 0. The van der Waals surface area contributed by atoms with Crippen LogP contribution in [0.2, 0.25) is 0 Å². The van der Waals surface area contributed by atoms with E-state index < -0.39 is 0 Å². The number of likely N-dealkylation sites (tertiary alicyclic amines) is 1. The molecule has 1 aliphatic rings. The molecule has 0 spiro atoms. The van der Waals surface area contributed by atoms with Crippen molar-refractivity contribution < 1.29 is 9.59 Å². The van der Waals surface area contributed by atoms with Gasteiger partial charge in [0.2, 0.25) is 5.91 Å². The maximum atomic E-state index is 12.1. The fourth-order valence-electron chi connectivity index (χ4n) is 2.82. The topological polar surface area (TPSA) is 75.4 Å². The number of hydrogen-bond acceptors (Lipinski definition) is 4. The largest absolute Gasteiger partial charge is 0.345 e. The van der Waals surface area contributed by atoms with E-state index >= 15 is 0 Å². The molecular weight excluding hydrogens is 254 g/mol. The fraction of sp³-hybridized carbons (Fsp3) is 0.867. The molecule has 1 rings (SSSR count). The molecule has 0 aromatic carbocycles. The third-order valence-electron chi connectivity index (χ3n) is 4.21. The third-order valence-corrected chi connectivity index (χ3v) is 4.21. The molecule has 1 fully saturated rings. The molecule has 1 amide bonds. The molecule has 3 N–H and O–H groups in total. The first kappa shape index (κ1) is 17.1. The van der Waals surface area contributed by atoms with Crippen LogP contribution in [-0.2, 0) is 9.59 Å². The van der Waals surface area contributed by atoms with Crippen molar-refractivity contribution in [2.75, 3.05) is 19.6 Å². The Bertz CT molecular complexity index is 344. The summed E-state index contributed by atoms with van der Waals surface area (Å²) in [5.74, 6) is 0.544. The third kappa shape index (κ3) is 4.87. The van der Waals surface area contributed by atoms with E-state index in [4.69, 9.17) is 5.73 Å². The molecule has 1 aliphatic heterocycles. The van der Waals surface area contributed by atoms with E-state index in [2.05, 4.69) is 17.1 Å². The summed E-state index contributed by atoms with van der Waals surface area (Å²) in [6.07, 6.45) is 2.22. The predicted molar refractivity (Wildman–Crippen MR) is 80.3 cm³/mol. The molecule has 0 saturated carbocycles. The number of ketones is 1. The van der Waals surface area contributed by atoms with Crippen molar-refractivity contribution >= 4 is 11.7 Å². The second-order valence-corrected chi connectivity index (χ2v) is 6.36. The van der Waals surface area contributed by atoms with Gasteiger partial charge in [0.1, 0.15) is 0 Å². The quantitative estimate of drug-likeness (QED) is 0.755. The molecule has 0 aromatic heterocycles. The van der Waals surface area contributed by atoms with Crippen molar-refractivity contribution in [1.29, 1.82) is 0 Å². The number of nitrogens with zero attached hydrogens (tertiary/aromatic N) is 1. The lowest BCUT2D eigenvalue weighted by Gasteiger charge is -2.37. The summed E-state index contributed by atoms with van der Waals surface area (Å²) in [6.45, 7) is 9.46. The van der Waals surface area contributed by atoms with Crippen molar-refractivity contribution in [3.63, 3.8) is 0 Å². The Morgan fingerprint density at radius 2 is 2.00 bits per heavy atom. The van der Waals surface area contributed by atoms with Gasteiger partial charge in [0.05, 0.1) is 12.6 Å². The molecule has 20 heavy (non-hydrogen) atoms. The van der Waals surface area contributed by atoms with Gasteiger partial charge in [-0.1, -0.05) is 13.8 Å². The molecule has 1 heterocycles. The molecule has 0 aliphatic carbocycles. The van der Waals surface area contributed by atoms with Gasteiger partial charge in [-0.05, 0) is 45.1 Å². The Hall–Kier alpha value is -0.940. The zero-order valence-electron chi connectivity index (χ0n) is 13.2. The number of carbonyl (C=O) groups excluding carboxylic acids is 2. The fourth-order valence-corrected chi connectivity index (χ4v) is 2.82. The number of nitrogens with two attached hydrogens (primary N) is 1. The standard InChI is InChI=1S/C15H29N3O2/c1-10(2)15(12(4)19)17-14(20)9-18-8-13(7-16)6-5-11(18)3/h10-11,13,15H,5-9,16H2,1-4H3,(H,17,20). The monoisotopic (exact) mass is 283 g/mol. The first-order chi connectivity index (χ1) is 9.35. The van der Waals surface area contributed by atoms with E-state index in [-0.39, 0.29) is 23.7 Å². The minimum absolute atomic E-state index is 0.0138. The van der Waals surface area contributed by atoms with Crippen molar-refractivity contribution in [2.45, 2.75) is 52.6 Å². The lowest BCUT2D eigenvalue weighted by Crippen LogP contribution is -2.51. The van der Waals surface area contributed by atoms with Crippen LogP contribution in [0.25, 0.3) is 0 Å². The average molecular weight is 283 g/mol. The first-order valence-electron chi connectivity index (χ1n) is 7.59. The van der Waals surface area contributed by atoms with Gasteiger partial charge in [-0.15, -0.1) is 0 Å². The lowest BCUT2D eigenvalue weighted by atomic mass is 9.93. The van der Waals surface area contributed by atoms with E-state index in [9.17, 15) is 9.59 Å². The number of hydrogen-bond donors (Lipinski definition) is 2. The van der Waals surface area contributed by atoms with Crippen LogP contribution < -0.4 is 11.1 Å². The molecule has 0 aromatic rings. The molecule has 116 valence electrons. The summed E-state index contributed by atoms with van der Waals surface area (Å²) in [5, 5.41) is 2.86. The van der Waals surface area contributed by atoms with E-state index in [1.54, 1.807) is 0 Å². The Kier molecular flexibility index (Phi) is 6.62. The summed E-state index contributed by atoms with van der Waals surface area (Å²) in [6, 6.07) is 0.0197. The highest BCUT2D eigenvalue weighted by Gasteiger charge is 2.27. The average Bonchev–Trinajstić information content (AvgIpc) is 2.37. The van der Waals surface area contributed by atoms with Crippen molar-refractivity contribution in [2.24, 2.45) is 17.6 Å². The Morgan fingerprint density at radius 3 is 2.50 bits per heavy atom. The normalized spacial score (nSPS) is 25.5. The number of piperidine rings is 1. The molecule has 5 heteroatoms. The van der Waals surface area contributed by atoms with E-state index in [0.717, 1.165) is 19.4 Å². The van der Waals surface area contributed by atoms with E-state index in [1.807, 2.05) is 13.8 Å². The first-order valence-corrected chi connectivity index (χ1v) is 7.59. The van der Waals surface area contributed by atoms with Crippen LogP contribution in [0.15, 0.2) is 0 Å². The van der Waals surface area contributed by atoms with Crippen LogP contribution >= 0.6 is 0 Å². The SMILES string of the molecule is CC(=O)C(NC(=O)CN1CC(CN)CCC1C)C(C)C. The maximum absolute atomic E-state index is 12.1. The minimum atomic E-state index is -0.382. The Labute approximate surface area is 122 Å². The minimum Gasteiger partial charge on any atom is -0.345 e. The van der Waals surface area contributed by atoms with Crippen LogP contribution in [0.5, 0.6) is 0 Å². The summed E-state index contributed by atoms with van der Waals surface area (Å²) in [4.78, 5) is 25.8. The molecule has 0 radical (unpaired) electrons. The van der Waals surface area contributed by atoms with Gasteiger partial charge in [0, 0.05) is 12.6 Å². The smallest absolute Gasteiger partial charge is 0.234 e. The summed E-state index contributed by atoms with van der Waals surface area (Å²) >= 11 is 0. The van der Waals surface area contributed by atoms with Crippen LogP contribution in [-0.4, -0.2) is 48.3 Å². The zero-order chi connectivity index (χ0) is 15.3. The van der Waals surface area contributed by atoms with Gasteiger partial charge >= 0.3 is 0 Å². The summed E-state index contributed by atoms with van der Waals surface area (Å²) in [5.41, 5.74) is 5.73. The Morgan fingerprint density at radius 1 is 1.35 bits per heavy atom. The number of amides is 1. The highest BCUT2D eigenvalue weighted by molar-refractivity contribution is 5.88. The van der Waals surface area contributed by atoms with Gasteiger partial charge in [-0.3, -0.25) is 14.5 Å². The number of Topliss-reactive ketones (excluding diaryl/α,β-unsaturated/α-hetero) is 1. The van der Waals surface area contributed by atoms with Gasteiger partial charge in [-0.25, -0.2) is 0 Å². The molecule has 0 bridgehead atoms. The van der Waals surface area contributed by atoms with Gasteiger partial charge < -0.3 is 11.1 Å². The predicted octanol–water partition coefficient (Wildman–Crippen LogP) is 0.775. The molecule has 5 nitrogen and oxygen atoms in total.